The minimum Gasteiger partial charge on any atom is -0.383 e. The predicted molar refractivity (Wildman–Crippen MR) is 68.7 cm³/mol. The lowest BCUT2D eigenvalue weighted by molar-refractivity contribution is 0.0820. The average Bonchev–Trinajstić information content (AvgIpc) is 2.84. The van der Waals surface area contributed by atoms with E-state index in [9.17, 15) is 4.79 Å². The normalized spacial score (nSPS) is 24.1. The Morgan fingerprint density at radius 1 is 1.61 bits per heavy atom. The number of Topliss-reactive ketones (excluding diaryl/α,β-unsaturated/α-hetero) is 1. The van der Waals surface area contributed by atoms with Gasteiger partial charge in [-0.25, -0.2) is 0 Å². The highest BCUT2D eigenvalue weighted by Crippen LogP contribution is 2.23. The Morgan fingerprint density at radius 3 is 3.11 bits per heavy atom. The smallest absolute Gasteiger partial charge is 0.200 e. The molecule has 1 saturated heterocycles. The summed E-state index contributed by atoms with van der Waals surface area (Å²) >= 11 is 0. The SMILES string of the molecule is COCCn1nccc1C(=O)C1(C)CCCCN1. The molecule has 1 fully saturated rings. The molecule has 18 heavy (non-hydrogen) atoms. The number of methoxy groups -OCH3 is 1. The Hall–Kier alpha value is -1.20. The van der Waals surface area contributed by atoms with Crippen molar-refractivity contribution in [2.45, 2.75) is 38.3 Å². The van der Waals surface area contributed by atoms with E-state index in [0.717, 1.165) is 25.8 Å². The quantitative estimate of drug-likeness (QED) is 0.800. The summed E-state index contributed by atoms with van der Waals surface area (Å²) in [4.78, 5) is 12.6. The molecule has 0 aliphatic carbocycles. The number of hydrogen-bond acceptors (Lipinski definition) is 4. The Labute approximate surface area is 108 Å². The second-order valence-electron chi connectivity index (χ2n) is 4.98. The largest absolute Gasteiger partial charge is 0.383 e. The van der Waals surface area contributed by atoms with E-state index in [2.05, 4.69) is 10.4 Å². The summed E-state index contributed by atoms with van der Waals surface area (Å²) in [6.07, 6.45) is 4.81. The third-order valence-corrected chi connectivity index (χ3v) is 3.58. The minimum absolute atomic E-state index is 0.135. The van der Waals surface area contributed by atoms with Crippen molar-refractivity contribution in [3.05, 3.63) is 18.0 Å². The monoisotopic (exact) mass is 251 g/mol. The number of hydrogen-bond donors (Lipinski definition) is 1. The van der Waals surface area contributed by atoms with Crippen LogP contribution in [-0.2, 0) is 11.3 Å². The minimum atomic E-state index is -0.441. The molecule has 1 aliphatic rings. The number of piperidine rings is 1. The van der Waals surface area contributed by atoms with Crippen LogP contribution < -0.4 is 5.32 Å². The van der Waals surface area contributed by atoms with Crippen molar-refractivity contribution < 1.29 is 9.53 Å². The number of ether oxygens (including phenoxy) is 1. The molecule has 0 amide bonds. The van der Waals surface area contributed by atoms with Gasteiger partial charge in [-0.1, -0.05) is 0 Å². The van der Waals surface area contributed by atoms with Crippen LogP contribution in [0.4, 0.5) is 0 Å². The third kappa shape index (κ3) is 2.62. The van der Waals surface area contributed by atoms with E-state index in [1.165, 1.54) is 0 Å². The molecule has 1 aliphatic heterocycles. The fraction of sp³-hybridized carbons (Fsp3) is 0.692. The lowest BCUT2D eigenvalue weighted by Crippen LogP contribution is -2.52. The number of carbonyl (C=O) groups is 1. The van der Waals surface area contributed by atoms with Gasteiger partial charge >= 0.3 is 0 Å². The number of carbonyl (C=O) groups excluding carboxylic acids is 1. The zero-order valence-corrected chi connectivity index (χ0v) is 11.1. The van der Waals surface area contributed by atoms with Gasteiger partial charge in [-0.15, -0.1) is 0 Å². The van der Waals surface area contributed by atoms with E-state index in [-0.39, 0.29) is 5.78 Å². The fourth-order valence-corrected chi connectivity index (χ4v) is 2.41. The molecule has 0 radical (unpaired) electrons. The van der Waals surface area contributed by atoms with E-state index < -0.39 is 5.54 Å². The van der Waals surface area contributed by atoms with Crippen LogP contribution in [0.2, 0.25) is 0 Å². The first-order valence-corrected chi connectivity index (χ1v) is 6.48. The van der Waals surface area contributed by atoms with Crippen LogP contribution in [-0.4, -0.2) is 41.4 Å². The molecule has 0 bridgehead atoms. The van der Waals surface area contributed by atoms with Crippen LogP contribution in [0.15, 0.2) is 12.3 Å². The maximum Gasteiger partial charge on any atom is 0.200 e. The highest BCUT2D eigenvalue weighted by Gasteiger charge is 2.36. The molecule has 1 aromatic heterocycles. The van der Waals surface area contributed by atoms with Crippen LogP contribution in [0.3, 0.4) is 0 Å². The zero-order chi connectivity index (χ0) is 13.0. The van der Waals surface area contributed by atoms with E-state index in [1.807, 2.05) is 6.92 Å². The average molecular weight is 251 g/mol. The molecule has 1 aromatic rings. The van der Waals surface area contributed by atoms with Crippen molar-refractivity contribution >= 4 is 5.78 Å². The maximum absolute atomic E-state index is 12.6. The Morgan fingerprint density at radius 2 is 2.44 bits per heavy atom. The van der Waals surface area contributed by atoms with E-state index in [1.54, 1.807) is 24.1 Å². The second-order valence-corrected chi connectivity index (χ2v) is 4.98. The van der Waals surface area contributed by atoms with Gasteiger partial charge in [0.2, 0.25) is 5.78 Å². The molecule has 2 rings (SSSR count). The lowest BCUT2D eigenvalue weighted by atomic mass is 9.85. The highest BCUT2D eigenvalue weighted by atomic mass is 16.5. The molecule has 100 valence electrons. The molecule has 1 unspecified atom stereocenters. The van der Waals surface area contributed by atoms with Gasteiger partial charge in [0.15, 0.2) is 0 Å². The van der Waals surface area contributed by atoms with E-state index in [4.69, 9.17) is 4.74 Å². The molecule has 5 nitrogen and oxygen atoms in total. The number of nitrogens with one attached hydrogen (secondary N) is 1. The predicted octanol–water partition coefficient (Wildman–Crippen LogP) is 1.24. The van der Waals surface area contributed by atoms with Crippen LogP contribution in [0.1, 0.15) is 36.7 Å². The molecule has 0 aromatic carbocycles. The topological polar surface area (TPSA) is 56.2 Å². The summed E-state index contributed by atoms with van der Waals surface area (Å²) in [5, 5.41) is 7.53. The van der Waals surface area contributed by atoms with Crippen LogP contribution in [0, 0.1) is 0 Å². The number of aromatic nitrogens is 2. The van der Waals surface area contributed by atoms with Gasteiger partial charge in [-0.3, -0.25) is 9.48 Å². The molecule has 1 N–H and O–H groups in total. The molecule has 2 heterocycles. The lowest BCUT2D eigenvalue weighted by Gasteiger charge is -2.33. The summed E-state index contributed by atoms with van der Waals surface area (Å²) < 4.78 is 6.76. The van der Waals surface area contributed by atoms with E-state index in [0.29, 0.717) is 18.8 Å². The number of nitrogens with zero attached hydrogens (tertiary/aromatic N) is 2. The molecule has 1 atom stereocenters. The Bertz CT molecular complexity index is 408. The number of ketones is 1. The molecule has 5 heteroatoms. The first-order valence-electron chi connectivity index (χ1n) is 6.48. The van der Waals surface area contributed by atoms with Crippen molar-refractivity contribution in [1.29, 1.82) is 0 Å². The van der Waals surface area contributed by atoms with Crippen molar-refractivity contribution in [3.63, 3.8) is 0 Å². The standard InChI is InChI=1S/C13H21N3O2/c1-13(6-3-4-7-14-13)12(17)11-5-8-15-16(11)9-10-18-2/h5,8,14H,3-4,6-7,9-10H2,1-2H3. The van der Waals surface area contributed by atoms with Crippen LogP contribution in [0.5, 0.6) is 0 Å². The van der Waals surface area contributed by atoms with Gasteiger partial charge in [-0.2, -0.15) is 5.10 Å². The molecular weight excluding hydrogens is 230 g/mol. The van der Waals surface area contributed by atoms with Crippen molar-refractivity contribution in [2.24, 2.45) is 0 Å². The van der Waals surface area contributed by atoms with Crippen molar-refractivity contribution in [1.82, 2.24) is 15.1 Å². The second kappa shape index (κ2) is 5.63. The Kier molecular flexibility index (Phi) is 4.14. The summed E-state index contributed by atoms with van der Waals surface area (Å²) in [5.74, 6) is 0.135. The summed E-state index contributed by atoms with van der Waals surface area (Å²) in [6, 6.07) is 1.79. The van der Waals surface area contributed by atoms with Gasteiger partial charge in [0.1, 0.15) is 5.69 Å². The van der Waals surface area contributed by atoms with Gasteiger partial charge < -0.3 is 10.1 Å². The van der Waals surface area contributed by atoms with Crippen LogP contribution >= 0.6 is 0 Å². The fourth-order valence-electron chi connectivity index (χ4n) is 2.41. The molecule has 0 spiro atoms. The molecule has 0 saturated carbocycles. The Balaban J connectivity index is 2.15. The summed E-state index contributed by atoms with van der Waals surface area (Å²) in [6.45, 7) is 4.07. The van der Waals surface area contributed by atoms with Gasteiger partial charge in [-0.05, 0) is 38.8 Å². The summed E-state index contributed by atoms with van der Waals surface area (Å²) in [7, 11) is 1.65. The van der Waals surface area contributed by atoms with Gasteiger partial charge in [0.05, 0.1) is 18.7 Å². The first-order chi connectivity index (χ1) is 8.67. The summed E-state index contributed by atoms with van der Waals surface area (Å²) in [5.41, 5.74) is 0.229. The van der Waals surface area contributed by atoms with Gasteiger partial charge in [0, 0.05) is 13.3 Å². The van der Waals surface area contributed by atoms with Crippen molar-refractivity contribution in [2.75, 3.05) is 20.3 Å². The maximum atomic E-state index is 12.6. The zero-order valence-electron chi connectivity index (χ0n) is 11.1. The van der Waals surface area contributed by atoms with Crippen LogP contribution in [0.25, 0.3) is 0 Å². The molecular formula is C13H21N3O2. The first kappa shape index (κ1) is 13.2. The van der Waals surface area contributed by atoms with Gasteiger partial charge in [0.25, 0.3) is 0 Å². The third-order valence-electron chi connectivity index (χ3n) is 3.58. The van der Waals surface area contributed by atoms with E-state index >= 15 is 0 Å². The highest BCUT2D eigenvalue weighted by molar-refractivity contribution is 6.01. The number of rotatable bonds is 5. The van der Waals surface area contributed by atoms with Crippen molar-refractivity contribution in [3.8, 4) is 0 Å².